The van der Waals surface area contributed by atoms with Gasteiger partial charge in [0.1, 0.15) is 23.9 Å². The fourth-order valence-corrected chi connectivity index (χ4v) is 5.35. The third kappa shape index (κ3) is 5.53. The van der Waals surface area contributed by atoms with E-state index < -0.39 is 52.7 Å². The molecule has 1 aliphatic heterocycles. The van der Waals surface area contributed by atoms with Gasteiger partial charge < -0.3 is 20.5 Å². The van der Waals surface area contributed by atoms with Gasteiger partial charge in [0.05, 0.1) is 23.0 Å². The van der Waals surface area contributed by atoms with E-state index in [0.717, 1.165) is 37.8 Å². The molecule has 1 aromatic heterocycles. The van der Waals surface area contributed by atoms with E-state index in [1.165, 1.54) is 16.7 Å². The highest BCUT2D eigenvalue weighted by atomic mass is 35.5. The van der Waals surface area contributed by atoms with Crippen LogP contribution in [0.25, 0.3) is 0 Å². The average Bonchev–Trinajstić information content (AvgIpc) is 3.52. The van der Waals surface area contributed by atoms with Crippen molar-refractivity contribution in [2.75, 3.05) is 5.32 Å². The van der Waals surface area contributed by atoms with Gasteiger partial charge in [-0.1, -0.05) is 24.4 Å². The topological polar surface area (TPSA) is 92.2 Å². The second-order valence-electron chi connectivity index (χ2n) is 9.72. The Labute approximate surface area is 229 Å². The van der Waals surface area contributed by atoms with Gasteiger partial charge in [-0.2, -0.15) is 13.2 Å². The Kier molecular flexibility index (Phi) is 7.30. The summed E-state index contributed by atoms with van der Waals surface area (Å²) < 4.78 is 69.3. The Morgan fingerprint density at radius 2 is 1.70 bits per heavy atom. The first-order valence-corrected chi connectivity index (χ1v) is 12.8. The summed E-state index contributed by atoms with van der Waals surface area (Å²) in [7, 11) is 0. The van der Waals surface area contributed by atoms with Gasteiger partial charge in [0.2, 0.25) is 5.91 Å². The molecule has 1 saturated carbocycles. The summed E-state index contributed by atoms with van der Waals surface area (Å²) in [5.41, 5.74) is -1.76. The maximum atomic E-state index is 14.2. The standard InChI is InChI=1S/C27H22ClF5N4O3/c28-19-6-5-15(29)10-18(19)23-24-20(35-25(39)13-7-14(27(31,32)33)9-16(30)8-13)11-21(37(24)12-22(38)36-23)26(40)34-17-3-1-2-4-17/h5-11,17,23H,1-4,12H2,(H,34,40)(H,35,39)(H,36,38). The van der Waals surface area contributed by atoms with Gasteiger partial charge >= 0.3 is 6.18 Å². The summed E-state index contributed by atoms with van der Waals surface area (Å²) in [6.07, 6.45) is -1.48. The number of aromatic nitrogens is 1. The molecule has 5 rings (SSSR count). The lowest BCUT2D eigenvalue weighted by Crippen LogP contribution is -2.41. The number of rotatable bonds is 5. The van der Waals surface area contributed by atoms with Crippen molar-refractivity contribution in [1.82, 2.24) is 15.2 Å². The van der Waals surface area contributed by atoms with E-state index in [-0.39, 0.29) is 46.3 Å². The molecule has 1 fully saturated rings. The van der Waals surface area contributed by atoms with Crippen LogP contribution >= 0.6 is 11.6 Å². The number of hydrogen-bond acceptors (Lipinski definition) is 3. The molecular weight excluding hydrogens is 559 g/mol. The molecule has 2 heterocycles. The number of amides is 3. The van der Waals surface area contributed by atoms with E-state index >= 15 is 0 Å². The first-order valence-electron chi connectivity index (χ1n) is 12.4. The molecule has 210 valence electrons. The number of fused-ring (bicyclic) bond motifs is 1. The Balaban J connectivity index is 1.60. The summed E-state index contributed by atoms with van der Waals surface area (Å²) in [6, 6.07) is 4.94. The number of anilines is 1. The summed E-state index contributed by atoms with van der Waals surface area (Å²) in [4.78, 5) is 39.1. The molecular formula is C27H22ClF5N4O3. The zero-order valence-corrected chi connectivity index (χ0v) is 21.4. The lowest BCUT2D eigenvalue weighted by molar-refractivity contribution is -0.137. The van der Waals surface area contributed by atoms with Crippen LogP contribution in [0.3, 0.4) is 0 Å². The molecule has 0 bridgehead atoms. The third-order valence-electron chi connectivity index (χ3n) is 6.95. The minimum absolute atomic E-state index is 0.000187. The Morgan fingerprint density at radius 1 is 0.975 bits per heavy atom. The molecule has 13 heteroatoms. The summed E-state index contributed by atoms with van der Waals surface area (Å²) >= 11 is 6.32. The molecule has 1 aliphatic carbocycles. The second kappa shape index (κ2) is 10.6. The van der Waals surface area contributed by atoms with E-state index in [9.17, 15) is 36.3 Å². The Hall–Kier alpha value is -3.93. The van der Waals surface area contributed by atoms with Crippen molar-refractivity contribution in [3.8, 4) is 0 Å². The van der Waals surface area contributed by atoms with Crippen molar-refractivity contribution in [1.29, 1.82) is 0 Å². The Bertz CT molecular complexity index is 1510. The van der Waals surface area contributed by atoms with Crippen molar-refractivity contribution in [2.45, 2.75) is 50.5 Å². The first kappa shape index (κ1) is 27.6. The van der Waals surface area contributed by atoms with Gasteiger partial charge in [-0.25, -0.2) is 8.78 Å². The molecule has 40 heavy (non-hydrogen) atoms. The van der Waals surface area contributed by atoms with Crippen molar-refractivity contribution in [2.24, 2.45) is 0 Å². The maximum absolute atomic E-state index is 14.2. The van der Waals surface area contributed by atoms with Crippen molar-refractivity contribution < 1.29 is 36.3 Å². The SMILES string of the molecule is O=C1Cn2c(C(=O)NC3CCCC3)cc(NC(=O)c3cc(F)cc(C(F)(F)F)c3)c2C(c2cc(F)ccc2Cl)N1. The average molecular weight is 581 g/mol. The molecule has 7 nitrogen and oxygen atoms in total. The smallest absolute Gasteiger partial charge is 0.348 e. The number of hydrogen-bond donors (Lipinski definition) is 3. The predicted octanol–water partition coefficient (Wildman–Crippen LogP) is 5.58. The van der Waals surface area contributed by atoms with Crippen molar-refractivity contribution in [3.63, 3.8) is 0 Å². The molecule has 2 aliphatic rings. The fourth-order valence-electron chi connectivity index (χ4n) is 5.12. The quantitative estimate of drug-likeness (QED) is 0.344. The second-order valence-corrected chi connectivity index (χ2v) is 10.1. The highest BCUT2D eigenvalue weighted by molar-refractivity contribution is 6.31. The van der Waals surface area contributed by atoms with E-state index in [4.69, 9.17) is 11.6 Å². The lowest BCUT2D eigenvalue weighted by atomic mass is 10.0. The number of nitrogens with one attached hydrogen (secondary N) is 3. The van der Waals surface area contributed by atoms with Gasteiger partial charge in [0, 0.05) is 22.2 Å². The molecule has 3 amide bonds. The van der Waals surface area contributed by atoms with Crippen LogP contribution < -0.4 is 16.0 Å². The summed E-state index contributed by atoms with van der Waals surface area (Å²) in [6.45, 7) is -0.333. The molecule has 0 spiro atoms. The van der Waals surface area contributed by atoms with Gasteiger partial charge in [-0.05, 0) is 55.3 Å². The summed E-state index contributed by atoms with van der Waals surface area (Å²) in [5, 5.41) is 8.10. The highest BCUT2D eigenvalue weighted by Crippen LogP contribution is 2.38. The van der Waals surface area contributed by atoms with Crippen LogP contribution in [0.4, 0.5) is 27.6 Å². The van der Waals surface area contributed by atoms with E-state index in [1.807, 2.05) is 0 Å². The molecule has 1 atom stereocenters. The van der Waals surface area contributed by atoms with Gasteiger partial charge in [0.25, 0.3) is 11.8 Å². The Morgan fingerprint density at radius 3 is 2.40 bits per heavy atom. The fraction of sp³-hybridized carbons (Fsp3) is 0.296. The molecule has 3 aromatic rings. The van der Waals surface area contributed by atoms with Crippen molar-refractivity contribution >= 4 is 35.0 Å². The highest BCUT2D eigenvalue weighted by Gasteiger charge is 2.36. The number of carbonyl (C=O) groups excluding carboxylic acids is 3. The number of benzene rings is 2. The number of carbonyl (C=O) groups is 3. The van der Waals surface area contributed by atoms with E-state index in [1.54, 1.807) is 0 Å². The van der Waals surface area contributed by atoms with Gasteiger partial charge in [-0.3, -0.25) is 14.4 Å². The van der Waals surface area contributed by atoms with Crippen molar-refractivity contribution in [3.05, 3.63) is 87.2 Å². The van der Waals surface area contributed by atoms with Gasteiger partial charge in [0.15, 0.2) is 0 Å². The van der Waals surface area contributed by atoms with Crippen LogP contribution in [-0.4, -0.2) is 28.3 Å². The van der Waals surface area contributed by atoms with Crippen LogP contribution in [0.1, 0.15) is 69.4 Å². The van der Waals surface area contributed by atoms with Crippen LogP contribution in [-0.2, 0) is 17.5 Å². The molecule has 1 unspecified atom stereocenters. The van der Waals surface area contributed by atoms with Gasteiger partial charge in [-0.15, -0.1) is 0 Å². The van der Waals surface area contributed by atoms with Crippen LogP contribution in [0, 0.1) is 11.6 Å². The zero-order valence-electron chi connectivity index (χ0n) is 20.7. The maximum Gasteiger partial charge on any atom is 0.416 e. The zero-order chi connectivity index (χ0) is 28.8. The lowest BCUT2D eigenvalue weighted by Gasteiger charge is -2.29. The van der Waals surface area contributed by atoms with E-state index in [0.29, 0.717) is 12.1 Å². The molecule has 0 saturated heterocycles. The summed E-state index contributed by atoms with van der Waals surface area (Å²) in [5.74, 6) is -4.09. The minimum Gasteiger partial charge on any atom is -0.348 e. The normalized spacial score (nSPS) is 17.4. The van der Waals surface area contributed by atoms with Crippen LogP contribution in [0.2, 0.25) is 5.02 Å². The first-order chi connectivity index (χ1) is 18.9. The molecule has 2 aromatic carbocycles. The number of alkyl halides is 3. The van der Waals surface area contributed by atoms with Crippen LogP contribution in [0.15, 0.2) is 42.5 Å². The third-order valence-corrected chi connectivity index (χ3v) is 7.29. The monoisotopic (exact) mass is 580 g/mol. The number of nitrogens with zero attached hydrogens (tertiary/aromatic N) is 1. The van der Waals surface area contributed by atoms with Crippen LogP contribution in [0.5, 0.6) is 0 Å². The molecule has 3 N–H and O–H groups in total. The molecule has 0 radical (unpaired) electrons. The number of halogens is 6. The predicted molar refractivity (Wildman–Crippen MR) is 135 cm³/mol. The van der Waals surface area contributed by atoms with E-state index in [2.05, 4.69) is 16.0 Å². The largest absolute Gasteiger partial charge is 0.416 e. The minimum atomic E-state index is -4.90.